The summed E-state index contributed by atoms with van der Waals surface area (Å²) in [6.07, 6.45) is 0.940. The Labute approximate surface area is 192 Å². The van der Waals surface area contributed by atoms with Crippen LogP contribution in [0.1, 0.15) is 5.56 Å². The van der Waals surface area contributed by atoms with Gasteiger partial charge in [0, 0.05) is 17.0 Å². The van der Waals surface area contributed by atoms with Gasteiger partial charge in [0.1, 0.15) is 28.9 Å². The molecule has 0 bridgehead atoms. The maximum absolute atomic E-state index is 14.2. The van der Waals surface area contributed by atoms with Crippen LogP contribution in [0.2, 0.25) is 0 Å². The molecule has 4 rings (SSSR count). The Balaban J connectivity index is 1.84. The number of thiazole rings is 1. The molecule has 11 heteroatoms. The Kier molecular flexibility index (Phi) is 6.82. The fraction of sp³-hybridized carbons (Fsp3) is 0.0435. The van der Waals surface area contributed by atoms with Crippen molar-refractivity contribution in [2.75, 3.05) is 0 Å². The van der Waals surface area contributed by atoms with Gasteiger partial charge < -0.3 is 4.74 Å². The van der Waals surface area contributed by atoms with E-state index in [9.17, 15) is 26.3 Å². The zero-order valence-electron chi connectivity index (χ0n) is 16.9. The predicted molar refractivity (Wildman–Crippen MR) is 115 cm³/mol. The van der Waals surface area contributed by atoms with E-state index >= 15 is 0 Å². The number of nitrogens with zero attached hydrogens (tertiary/aromatic N) is 3. The first-order valence-corrected chi connectivity index (χ1v) is 10.4. The van der Waals surface area contributed by atoms with Crippen LogP contribution in [0.3, 0.4) is 0 Å². The van der Waals surface area contributed by atoms with Gasteiger partial charge in [0.05, 0.1) is 17.5 Å². The van der Waals surface area contributed by atoms with Crippen LogP contribution >= 0.6 is 11.3 Å². The molecule has 3 aromatic carbocycles. The average Bonchev–Trinajstić information content (AvgIpc) is 3.18. The van der Waals surface area contributed by atoms with Gasteiger partial charge in [-0.25, -0.2) is 27.2 Å². The summed E-state index contributed by atoms with van der Waals surface area (Å²) >= 11 is 1.02. The van der Waals surface area contributed by atoms with E-state index in [-0.39, 0.29) is 16.2 Å². The highest BCUT2D eigenvalue weighted by molar-refractivity contribution is 7.07. The summed E-state index contributed by atoms with van der Waals surface area (Å²) in [7, 11) is 0. The van der Waals surface area contributed by atoms with Gasteiger partial charge in [-0.3, -0.25) is 0 Å². The lowest BCUT2D eigenvalue weighted by atomic mass is 10.2. The third-order valence-electron chi connectivity index (χ3n) is 4.49. The quantitative estimate of drug-likeness (QED) is 0.224. The van der Waals surface area contributed by atoms with Crippen molar-refractivity contribution < 1.29 is 31.1 Å². The van der Waals surface area contributed by atoms with E-state index in [0.717, 1.165) is 41.8 Å². The number of alkyl halides is 2. The van der Waals surface area contributed by atoms with Crippen LogP contribution in [0.15, 0.2) is 76.1 Å². The maximum Gasteiger partial charge on any atom is 0.387 e. The van der Waals surface area contributed by atoms with Crippen LogP contribution in [0.5, 0.6) is 5.75 Å². The number of aromatic nitrogens is 1. The molecular formula is C23H13F6N3OS. The monoisotopic (exact) mass is 493 g/mol. The lowest BCUT2D eigenvalue weighted by molar-refractivity contribution is -0.0498. The number of benzene rings is 3. The van der Waals surface area contributed by atoms with Crippen LogP contribution in [0, 0.1) is 23.3 Å². The summed E-state index contributed by atoms with van der Waals surface area (Å²) in [6.45, 7) is -2.99. The van der Waals surface area contributed by atoms with Crippen LogP contribution in [-0.2, 0) is 0 Å². The standard InChI is InChI=1S/C23H13F6N3OS/c24-14-6-9-20(19(27)10-14)31-23-32(30-11-16-17(25)2-1-3-18(16)26)21(12-34-23)13-4-7-15(8-5-13)33-22(28)29/h1-12,22H/b30-11-,31-23?. The van der Waals surface area contributed by atoms with Crippen molar-refractivity contribution in [3.8, 4) is 17.0 Å². The molecule has 34 heavy (non-hydrogen) atoms. The number of rotatable bonds is 6. The zero-order chi connectivity index (χ0) is 24.2. The molecule has 0 aliphatic carbocycles. The van der Waals surface area contributed by atoms with Crippen LogP contribution in [0.25, 0.3) is 11.3 Å². The normalized spacial score (nSPS) is 12.1. The Morgan fingerprint density at radius 2 is 1.59 bits per heavy atom. The molecule has 4 aromatic rings. The number of ether oxygens (including phenoxy) is 1. The van der Waals surface area contributed by atoms with E-state index in [1.165, 1.54) is 35.0 Å². The van der Waals surface area contributed by atoms with Crippen molar-refractivity contribution in [3.05, 3.63) is 99.7 Å². The highest BCUT2D eigenvalue weighted by Crippen LogP contribution is 2.25. The Morgan fingerprint density at radius 1 is 0.882 bits per heavy atom. The van der Waals surface area contributed by atoms with Crippen molar-refractivity contribution in [1.82, 2.24) is 4.68 Å². The predicted octanol–water partition coefficient (Wildman–Crippen LogP) is 6.49. The minimum atomic E-state index is -2.99. The fourth-order valence-corrected chi connectivity index (χ4v) is 3.77. The Bertz CT molecular complexity index is 1390. The summed E-state index contributed by atoms with van der Waals surface area (Å²) in [6, 6.07) is 11.7. The van der Waals surface area contributed by atoms with Gasteiger partial charge in [-0.15, -0.1) is 11.3 Å². The smallest absolute Gasteiger partial charge is 0.387 e. The third-order valence-corrected chi connectivity index (χ3v) is 5.30. The van der Waals surface area contributed by atoms with Crippen LogP contribution in [0.4, 0.5) is 32.0 Å². The summed E-state index contributed by atoms with van der Waals surface area (Å²) in [5.74, 6) is -3.47. The largest absolute Gasteiger partial charge is 0.435 e. The maximum atomic E-state index is 14.2. The topological polar surface area (TPSA) is 38.9 Å². The third kappa shape index (κ3) is 5.20. The van der Waals surface area contributed by atoms with E-state index in [1.54, 1.807) is 5.38 Å². The van der Waals surface area contributed by atoms with Crippen molar-refractivity contribution in [2.45, 2.75) is 6.61 Å². The van der Waals surface area contributed by atoms with E-state index in [4.69, 9.17) is 0 Å². The summed E-state index contributed by atoms with van der Waals surface area (Å²) in [5.41, 5.74) is 0.246. The molecule has 0 fully saturated rings. The van der Waals surface area contributed by atoms with Gasteiger partial charge in [0.15, 0.2) is 5.82 Å². The average molecular weight is 493 g/mol. The van der Waals surface area contributed by atoms with Crippen LogP contribution < -0.4 is 9.54 Å². The lowest BCUT2D eigenvalue weighted by Crippen LogP contribution is -2.12. The Morgan fingerprint density at radius 3 is 2.24 bits per heavy atom. The summed E-state index contributed by atoms with van der Waals surface area (Å²) in [4.78, 5) is 4.26. The van der Waals surface area contributed by atoms with E-state index in [1.807, 2.05) is 0 Å². The van der Waals surface area contributed by atoms with Gasteiger partial charge in [-0.2, -0.15) is 13.9 Å². The lowest BCUT2D eigenvalue weighted by Gasteiger charge is -2.07. The number of hydrogen-bond acceptors (Lipinski definition) is 4. The zero-order valence-corrected chi connectivity index (χ0v) is 17.7. The highest BCUT2D eigenvalue weighted by atomic mass is 32.1. The molecule has 0 aliphatic heterocycles. The van der Waals surface area contributed by atoms with Gasteiger partial charge in [-0.05, 0) is 48.5 Å². The highest BCUT2D eigenvalue weighted by Gasteiger charge is 2.12. The van der Waals surface area contributed by atoms with Crippen molar-refractivity contribution in [2.24, 2.45) is 10.1 Å². The SMILES string of the molecule is Fc1ccc(N=c2scc(-c3ccc(OC(F)F)cc3)n2/N=C\c2c(F)cccc2F)c(F)c1. The molecule has 4 nitrogen and oxygen atoms in total. The van der Waals surface area contributed by atoms with E-state index in [0.29, 0.717) is 17.3 Å². The number of hydrogen-bond donors (Lipinski definition) is 0. The molecule has 0 saturated carbocycles. The first kappa shape index (κ1) is 23.3. The van der Waals surface area contributed by atoms with Gasteiger partial charge in [0.25, 0.3) is 0 Å². The second kappa shape index (κ2) is 9.96. The molecule has 0 N–H and O–H groups in total. The molecule has 1 aromatic heterocycles. The first-order chi connectivity index (χ1) is 16.3. The summed E-state index contributed by atoms with van der Waals surface area (Å²) in [5, 5.41) is 5.71. The van der Waals surface area contributed by atoms with Gasteiger partial charge in [0.2, 0.25) is 4.80 Å². The molecule has 0 spiro atoms. The van der Waals surface area contributed by atoms with Crippen LogP contribution in [-0.4, -0.2) is 17.5 Å². The van der Waals surface area contributed by atoms with Gasteiger partial charge >= 0.3 is 6.61 Å². The van der Waals surface area contributed by atoms with Gasteiger partial charge in [-0.1, -0.05) is 6.07 Å². The molecule has 0 amide bonds. The van der Waals surface area contributed by atoms with E-state index < -0.39 is 35.4 Å². The second-order valence-electron chi connectivity index (χ2n) is 6.71. The number of halogens is 6. The molecule has 0 saturated heterocycles. The van der Waals surface area contributed by atoms with Crippen molar-refractivity contribution in [1.29, 1.82) is 0 Å². The summed E-state index contributed by atoms with van der Waals surface area (Å²) < 4.78 is 85.9. The molecule has 0 atom stereocenters. The Hall–Kier alpha value is -3.86. The second-order valence-corrected chi connectivity index (χ2v) is 7.54. The molecule has 174 valence electrons. The molecule has 1 heterocycles. The molecule has 0 radical (unpaired) electrons. The van der Waals surface area contributed by atoms with E-state index in [2.05, 4.69) is 14.8 Å². The fourth-order valence-electron chi connectivity index (χ4n) is 2.92. The van der Waals surface area contributed by atoms with Crippen molar-refractivity contribution >= 4 is 23.2 Å². The molecule has 0 unspecified atom stereocenters. The minimum Gasteiger partial charge on any atom is -0.435 e. The minimum absolute atomic E-state index is 0.0734. The van der Waals surface area contributed by atoms with Crippen molar-refractivity contribution in [3.63, 3.8) is 0 Å². The molecular weight excluding hydrogens is 480 g/mol. The molecule has 0 aliphatic rings. The first-order valence-electron chi connectivity index (χ1n) is 9.56.